The lowest BCUT2D eigenvalue weighted by molar-refractivity contribution is 0.0528. The van der Waals surface area contributed by atoms with E-state index in [1.165, 1.54) is 12.1 Å². The molecule has 1 heterocycles. The molecular formula is C16H19ClFN3O2. The number of hydrogen-bond acceptors (Lipinski definition) is 3. The third kappa shape index (κ3) is 4.96. The second-order valence-electron chi connectivity index (χ2n) is 6.03. The first-order chi connectivity index (χ1) is 10.8. The van der Waals surface area contributed by atoms with Gasteiger partial charge in [-0.25, -0.2) is 14.2 Å². The summed E-state index contributed by atoms with van der Waals surface area (Å²) in [4.78, 5) is 15.7. The van der Waals surface area contributed by atoms with E-state index in [4.69, 9.17) is 16.3 Å². The highest BCUT2D eigenvalue weighted by atomic mass is 35.5. The van der Waals surface area contributed by atoms with Crippen molar-refractivity contribution < 1.29 is 13.9 Å². The summed E-state index contributed by atoms with van der Waals surface area (Å²) in [5.41, 5.74) is 0.945. The molecule has 0 saturated carbocycles. The van der Waals surface area contributed by atoms with E-state index >= 15 is 0 Å². The van der Waals surface area contributed by atoms with E-state index in [0.29, 0.717) is 23.7 Å². The molecule has 0 bridgehead atoms. The van der Waals surface area contributed by atoms with Gasteiger partial charge in [0.2, 0.25) is 0 Å². The van der Waals surface area contributed by atoms with Gasteiger partial charge >= 0.3 is 6.09 Å². The topological polar surface area (TPSA) is 56.1 Å². The van der Waals surface area contributed by atoms with Gasteiger partial charge in [-0.15, -0.1) is 0 Å². The largest absolute Gasteiger partial charge is 0.444 e. The SMILES string of the molecule is CC(C)(C)OC(=O)NCCc1cncn1-c1ccc(F)cc1Cl. The Morgan fingerprint density at radius 3 is 2.83 bits per heavy atom. The lowest BCUT2D eigenvalue weighted by atomic mass is 10.2. The molecule has 0 fully saturated rings. The van der Waals surface area contributed by atoms with Crippen molar-refractivity contribution in [2.24, 2.45) is 0 Å². The fourth-order valence-corrected chi connectivity index (χ4v) is 2.27. The first kappa shape index (κ1) is 17.3. The van der Waals surface area contributed by atoms with Gasteiger partial charge in [-0.1, -0.05) is 11.6 Å². The van der Waals surface area contributed by atoms with Crippen LogP contribution in [0, 0.1) is 5.82 Å². The van der Waals surface area contributed by atoms with Gasteiger partial charge in [0, 0.05) is 24.9 Å². The van der Waals surface area contributed by atoms with Crippen LogP contribution in [0.1, 0.15) is 26.5 Å². The highest BCUT2D eigenvalue weighted by Crippen LogP contribution is 2.22. The number of benzene rings is 1. The Balaban J connectivity index is 2.01. The summed E-state index contributed by atoms with van der Waals surface area (Å²) in [7, 11) is 0. The molecule has 0 unspecified atom stereocenters. The maximum Gasteiger partial charge on any atom is 0.407 e. The summed E-state index contributed by atoms with van der Waals surface area (Å²) in [5.74, 6) is -0.396. The molecule has 1 aromatic heterocycles. The fourth-order valence-electron chi connectivity index (χ4n) is 2.01. The zero-order valence-electron chi connectivity index (χ0n) is 13.3. The smallest absolute Gasteiger partial charge is 0.407 e. The predicted octanol–water partition coefficient (Wildman–Crippen LogP) is 3.73. The maximum absolute atomic E-state index is 13.1. The van der Waals surface area contributed by atoms with E-state index in [1.807, 2.05) is 0 Å². The van der Waals surface area contributed by atoms with Gasteiger partial charge in [-0.05, 0) is 39.0 Å². The van der Waals surface area contributed by atoms with Crippen LogP contribution >= 0.6 is 11.6 Å². The Bertz CT molecular complexity index is 695. The van der Waals surface area contributed by atoms with Gasteiger partial charge in [0.15, 0.2) is 0 Å². The normalized spacial score (nSPS) is 11.3. The molecular weight excluding hydrogens is 321 g/mol. The van der Waals surface area contributed by atoms with Gasteiger partial charge in [0.05, 0.1) is 17.0 Å². The monoisotopic (exact) mass is 339 g/mol. The lowest BCUT2D eigenvalue weighted by Crippen LogP contribution is -2.33. The number of ether oxygens (including phenoxy) is 1. The summed E-state index contributed by atoms with van der Waals surface area (Å²) >= 11 is 6.07. The summed E-state index contributed by atoms with van der Waals surface area (Å²) in [6, 6.07) is 4.17. The highest BCUT2D eigenvalue weighted by Gasteiger charge is 2.16. The lowest BCUT2D eigenvalue weighted by Gasteiger charge is -2.19. The van der Waals surface area contributed by atoms with Crippen LogP contribution in [0.25, 0.3) is 5.69 Å². The number of hydrogen-bond donors (Lipinski definition) is 1. The average molecular weight is 340 g/mol. The number of nitrogens with one attached hydrogen (secondary N) is 1. The van der Waals surface area contributed by atoms with E-state index in [9.17, 15) is 9.18 Å². The van der Waals surface area contributed by atoms with E-state index in [-0.39, 0.29) is 0 Å². The summed E-state index contributed by atoms with van der Waals surface area (Å²) in [6.45, 7) is 5.80. The molecule has 0 aliphatic heterocycles. The van der Waals surface area contributed by atoms with Crippen LogP contribution in [0.4, 0.5) is 9.18 Å². The molecule has 23 heavy (non-hydrogen) atoms. The summed E-state index contributed by atoms with van der Waals surface area (Å²) in [6.07, 6.45) is 3.34. The van der Waals surface area contributed by atoms with Crippen molar-refractivity contribution in [1.29, 1.82) is 0 Å². The minimum absolute atomic E-state index is 0.296. The van der Waals surface area contributed by atoms with Crippen LogP contribution in [0.15, 0.2) is 30.7 Å². The number of imidazole rings is 1. The average Bonchev–Trinajstić information content (AvgIpc) is 2.85. The number of amides is 1. The molecule has 0 radical (unpaired) electrons. The molecule has 2 rings (SSSR count). The first-order valence-electron chi connectivity index (χ1n) is 7.20. The number of halogens is 2. The van der Waals surface area contributed by atoms with E-state index in [2.05, 4.69) is 10.3 Å². The minimum Gasteiger partial charge on any atom is -0.444 e. The third-order valence-corrected chi connectivity index (χ3v) is 3.24. The van der Waals surface area contributed by atoms with E-state index in [0.717, 1.165) is 5.69 Å². The molecule has 0 aliphatic carbocycles. The van der Waals surface area contributed by atoms with Crippen molar-refractivity contribution in [2.75, 3.05) is 6.54 Å². The number of aromatic nitrogens is 2. The summed E-state index contributed by atoms with van der Waals surface area (Å²) in [5, 5.41) is 2.98. The number of carbonyl (C=O) groups is 1. The zero-order valence-corrected chi connectivity index (χ0v) is 14.0. The molecule has 2 aromatic rings. The van der Waals surface area contributed by atoms with Crippen LogP contribution < -0.4 is 5.32 Å². The van der Waals surface area contributed by atoms with Crippen molar-refractivity contribution in [1.82, 2.24) is 14.9 Å². The Kier molecular flexibility index (Phi) is 5.26. The van der Waals surface area contributed by atoms with E-state index in [1.54, 1.807) is 43.9 Å². The molecule has 0 aliphatic rings. The van der Waals surface area contributed by atoms with Crippen molar-refractivity contribution in [2.45, 2.75) is 32.8 Å². The Labute approximate surface area is 139 Å². The minimum atomic E-state index is -0.534. The second kappa shape index (κ2) is 7.00. The standard InChI is InChI=1S/C16H19ClFN3O2/c1-16(2,3)23-15(22)20-7-6-12-9-19-10-21(12)14-5-4-11(18)8-13(14)17/h4-5,8-10H,6-7H2,1-3H3,(H,20,22). The number of nitrogens with zero attached hydrogens (tertiary/aromatic N) is 2. The quantitative estimate of drug-likeness (QED) is 0.923. The molecule has 0 spiro atoms. The predicted molar refractivity (Wildman–Crippen MR) is 86.5 cm³/mol. The molecule has 1 amide bonds. The maximum atomic E-state index is 13.1. The molecule has 1 aromatic carbocycles. The molecule has 0 atom stereocenters. The Hall–Kier alpha value is -2.08. The fraction of sp³-hybridized carbons (Fsp3) is 0.375. The van der Waals surface area contributed by atoms with Gasteiger partial charge in [0.1, 0.15) is 11.4 Å². The molecule has 5 nitrogen and oxygen atoms in total. The van der Waals surface area contributed by atoms with Gasteiger partial charge in [-0.2, -0.15) is 0 Å². The first-order valence-corrected chi connectivity index (χ1v) is 7.57. The summed E-state index contributed by atoms with van der Waals surface area (Å²) < 4.78 is 20.1. The van der Waals surface area contributed by atoms with Gasteiger partial charge in [-0.3, -0.25) is 0 Å². The van der Waals surface area contributed by atoms with Crippen molar-refractivity contribution in [3.05, 3.63) is 47.3 Å². The van der Waals surface area contributed by atoms with Crippen LogP contribution in [-0.4, -0.2) is 27.8 Å². The molecule has 7 heteroatoms. The van der Waals surface area contributed by atoms with Crippen LogP contribution in [0.3, 0.4) is 0 Å². The number of rotatable bonds is 4. The van der Waals surface area contributed by atoms with Crippen LogP contribution in [-0.2, 0) is 11.2 Å². The van der Waals surface area contributed by atoms with Crippen molar-refractivity contribution in [3.63, 3.8) is 0 Å². The Morgan fingerprint density at radius 1 is 1.43 bits per heavy atom. The van der Waals surface area contributed by atoms with Crippen molar-refractivity contribution in [3.8, 4) is 5.69 Å². The molecule has 1 N–H and O–H groups in total. The van der Waals surface area contributed by atoms with E-state index < -0.39 is 17.5 Å². The zero-order chi connectivity index (χ0) is 17.0. The van der Waals surface area contributed by atoms with Gasteiger partial charge in [0.25, 0.3) is 0 Å². The number of alkyl carbamates (subject to hydrolysis) is 1. The Morgan fingerprint density at radius 2 is 2.17 bits per heavy atom. The van der Waals surface area contributed by atoms with Crippen LogP contribution in [0.5, 0.6) is 0 Å². The van der Waals surface area contributed by atoms with Crippen molar-refractivity contribution >= 4 is 17.7 Å². The van der Waals surface area contributed by atoms with Crippen LogP contribution in [0.2, 0.25) is 5.02 Å². The highest BCUT2D eigenvalue weighted by molar-refractivity contribution is 6.32. The molecule has 0 saturated heterocycles. The van der Waals surface area contributed by atoms with Gasteiger partial charge < -0.3 is 14.6 Å². The molecule has 124 valence electrons. The third-order valence-electron chi connectivity index (χ3n) is 2.93. The second-order valence-corrected chi connectivity index (χ2v) is 6.44. The number of carbonyl (C=O) groups excluding carboxylic acids is 1.